The molecule has 0 saturated heterocycles. The first kappa shape index (κ1) is 18.8. The minimum atomic E-state index is -0.234. The molecule has 6 heteroatoms. The number of thiocarbonyl (C=S) groups is 1. The van der Waals surface area contributed by atoms with Gasteiger partial charge in [-0.2, -0.15) is 0 Å². The van der Waals surface area contributed by atoms with E-state index in [1.54, 1.807) is 0 Å². The molecule has 4 aromatic rings. The normalized spacial score (nSPS) is 10.7. The summed E-state index contributed by atoms with van der Waals surface area (Å²) in [5.41, 5.74) is 6.25. The van der Waals surface area contributed by atoms with Crippen molar-refractivity contribution in [1.29, 1.82) is 0 Å². The Balaban J connectivity index is 1.48. The van der Waals surface area contributed by atoms with E-state index in [0.717, 1.165) is 39.2 Å². The van der Waals surface area contributed by atoms with Gasteiger partial charge in [-0.15, -0.1) is 0 Å². The minimum absolute atomic E-state index is 0.234. The number of aryl methyl sites for hydroxylation is 2. The van der Waals surface area contributed by atoms with Crippen molar-refractivity contribution < 1.29 is 4.79 Å². The molecule has 0 bridgehead atoms. The van der Waals surface area contributed by atoms with Crippen LogP contribution in [-0.2, 0) is 0 Å². The van der Waals surface area contributed by atoms with Gasteiger partial charge in [-0.3, -0.25) is 10.1 Å². The molecule has 4 rings (SSSR count). The monoisotopic (exact) mass is 400 g/mol. The minimum Gasteiger partial charge on any atom is -0.338 e. The SMILES string of the molecule is Cc1cc(C)cc(C(=O)NC(=S)Nc2cccc(-c3nc4ccccc4[nH]3)c2)c1. The summed E-state index contributed by atoms with van der Waals surface area (Å²) in [6, 6.07) is 21.3. The van der Waals surface area contributed by atoms with Gasteiger partial charge in [-0.1, -0.05) is 41.5 Å². The van der Waals surface area contributed by atoms with Crippen molar-refractivity contribution >= 4 is 40.0 Å². The Kier molecular flexibility index (Phi) is 5.10. The van der Waals surface area contributed by atoms with Gasteiger partial charge in [0.1, 0.15) is 5.82 Å². The van der Waals surface area contributed by atoms with E-state index in [2.05, 4.69) is 20.6 Å². The molecule has 0 aliphatic rings. The van der Waals surface area contributed by atoms with Crippen molar-refractivity contribution in [1.82, 2.24) is 15.3 Å². The molecule has 0 radical (unpaired) electrons. The third kappa shape index (κ3) is 4.33. The number of benzene rings is 3. The molecule has 0 unspecified atom stereocenters. The van der Waals surface area contributed by atoms with E-state index in [1.165, 1.54) is 0 Å². The lowest BCUT2D eigenvalue weighted by Gasteiger charge is -2.11. The van der Waals surface area contributed by atoms with E-state index in [1.807, 2.05) is 80.6 Å². The van der Waals surface area contributed by atoms with Crippen LogP contribution in [0.1, 0.15) is 21.5 Å². The van der Waals surface area contributed by atoms with Crippen molar-refractivity contribution in [2.75, 3.05) is 5.32 Å². The van der Waals surface area contributed by atoms with Crippen molar-refractivity contribution in [3.63, 3.8) is 0 Å². The first-order valence-corrected chi connectivity index (χ1v) is 9.64. The van der Waals surface area contributed by atoms with Crippen LogP contribution < -0.4 is 10.6 Å². The molecule has 144 valence electrons. The van der Waals surface area contributed by atoms with E-state index in [9.17, 15) is 4.79 Å². The molecule has 0 atom stereocenters. The molecule has 0 aliphatic carbocycles. The summed E-state index contributed by atoms with van der Waals surface area (Å²) < 4.78 is 0. The van der Waals surface area contributed by atoms with Crippen LogP contribution >= 0.6 is 12.2 Å². The molecule has 1 heterocycles. The second kappa shape index (κ2) is 7.85. The van der Waals surface area contributed by atoms with Gasteiger partial charge in [0.2, 0.25) is 0 Å². The van der Waals surface area contributed by atoms with Gasteiger partial charge >= 0.3 is 0 Å². The molecular formula is C23H20N4OS. The number of amides is 1. The number of carbonyl (C=O) groups is 1. The number of hydrogen-bond donors (Lipinski definition) is 3. The van der Waals surface area contributed by atoms with Gasteiger partial charge in [0.05, 0.1) is 11.0 Å². The number of imidazole rings is 1. The molecule has 3 aromatic carbocycles. The first-order valence-electron chi connectivity index (χ1n) is 9.24. The largest absolute Gasteiger partial charge is 0.338 e. The van der Waals surface area contributed by atoms with Gasteiger partial charge in [0, 0.05) is 16.8 Å². The quantitative estimate of drug-likeness (QED) is 0.425. The molecule has 5 nitrogen and oxygen atoms in total. The number of aromatic nitrogens is 2. The molecule has 0 saturated carbocycles. The number of para-hydroxylation sites is 2. The summed E-state index contributed by atoms with van der Waals surface area (Å²) >= 11 is 5.32. The maximum absolute atomic E-state index is 12.5. The van der Waals surface area contributed by atoms with E-state index in [4.69, 9.17) is 12.2 Å². The second-order valence-electron chi connectivity index (χ2n) is 6.97. The fourth-order valence-corrected chi connectivity index (χ4v) is 3.49. The number of anilines is 1. The summed E-state index contributed by atoms with van der Waals surface area (Å²) in [7, 11) is 0. The van der Waals surface area contributed by atoms with Gasteiger partial charge in [0.25, 0.3) is 5.91 Å². The molecule has 0 fully saturated rings. The third-order valence-electron chi connectivity index (χ3n) is 4.49. The van der Waals surface area contributed by atoms with Crippen molar-refractivity contribution in [2.24, 2.45) is 0 Å². The highest BCUT2D eigenvalue weighted by molar-refractivity contribution is 7.80. The number of rotatable bonds is 3. The van der Waals surface area contributed by atoms with E-state index < -0.39 is 0 Å². The highest BCUT2D eigenvalue weighted by Crippen LogP contribution is 2.23. The number of hydrogen-bond acceptors (Lipinski definition) is 3. The number of nitrogens with zero attached hydrogens (tertiary/aromatic N) is 1. The van der Waals surface area contributed by atoms with Gasteiger partial charge in [-0.05, 0) is 62.5 Å². The van der Waals surface area contributed by atoms with Crippen LogP contribution in [0.4, 0.5) is 5.69 Å². The van der Waals surface area contributed by atoms with Crippen LogP contribution in [0.5, 0.6) is 0 Å². The molecule has 0 spiro atoms. The van der Waals surface area contributed by atoms with Crippen LogP contribution in [0.2, 0.25) is 0 Å². The van der Waals surface area contributed by atoms with Crippen LogP contribution in [0, 0.1) is 13.8 Å². The summed E-state index contributed by atoms with van der Waals surface area (Å²) in [5, 5.41) is 6.06. The number of fused-ring (bicyclic) bond motifs is 1. The average Bonchev–Trinajstić information content (AvgIpc) is 3.11. The second-order valence-corrected chi connectivity index (χ2v) is 7.38. The zero-order valence-corrected chi connectivity index (χ0v) is 16.9. The number of aromatic amines is 1. The number of nitrogens with one attached hydrogen (secondary N) is 3. The van der Waals surface area contributed by atoms with Crippen LogP contribution in [0.3, 0.4) is 0 Å². The molecule has 1 amide bonds. The fourth-order valence-electron chi connectivity index (χ4n) is 3.28. The van der Waals surface area contributed by atoms with E-state index >= 15 is 0 Å². The van der Waals surface area contributed by atoms with E-state index in [-0.39, 0.29) is 11.0 Å². The Morgan fingerprint density at radius 1 is 0.966 bits per heavy atom. The third-order valence-corrected chi connectivity index (χ3v) is 4.70. The molecule has 1 aromatic heterocycles. The topological polar surface area (TPSA) is 69.8 Å². The van der Waals surface area contributed by atoms with Crippen LogP contribution in [0.15, 0.2) is 66.7 Å². The van der Waals surface area contributed by atoms with Gasteiger partial charge in [0.15, 0.2) is 5.11 Å². The van der Waals surface area contributed by atoms with Crippen molar-refractivity contribution in [3.8, 4) is 11.4 Å². The number of H-pyrrole nitrogens is 1. The zero-order chi connectivity index (χ0) is 20.4. The molecule has 29 heavy (non-hydrogen) atoms. The lowest BCUT2D eigenvalue weighted by atomic mass is 10.1. The Labute approximate surface area is 174 Å². The number of carbonyl (C=O) groups excluding carboxylic acids is 1. The highest BCUT2D eigenvalue weighted by atomic mass is 32.1. The van der Waals surface area contributed by atoms with E-state index in [0.29, 0.717) is 5.56 Å². The zero-order valence-electron chi connectivity index (χ0n) is 16.1. The average molecular weight is 401 g/mol. The van der Waals surface area contributed by atoms with Crippen LogP contribution in [0.25, 0.3) is 22.4 Å². The smallest absolute Gasteiger partial charge is 0.257 e. The summed E-state index contributed by atoms with van der Waals surface area (Å²) in [6.07, 6.45) is 0. The first-order chi connectivity index (χ1) is 14.0. The standard InChI is InChI=1S/C23H20N4OS/c1-14-10-15(2)12-17(11-14)22(28)27-23(29)24-18-7-5-6-16(13-18)21-25-19-8-3-4-9-20(19)26-21/h3-13H,1-2H3,(H,25,26)(H2,24,27,28,29). The summed E-state index contributed by atoms with van der Waals surface area (Å²) in [6.45, 7) is 3.92. The predicted molar refractivity (Wildman–Crippen MR) is 121 cm³/mol. The molecular weight excluding hydrogens is 380 g/mol. The Bertz CT molecular complexity index is 1180. The summed E-state index contributed by atoms with van der Waals surface area (Å²) in [4.78, 5) is 20.4. The van der Waals surface area contributed by atoms with Crippen molar-refractivity contribution in [3.05, 3.63) is 83.4 Å². The molecule has 3 N–H and O–H groups in total. The Morgan fingerprint density at radius 3 is 2.48 bits per heavy atom. The van der Waals surface area contributed by atoms with Crippen LogP contribution in [-0.4, -0.2) is 21.0 Å². The lowest BCUT2D eigenvalue weighted by Crippen LogP contribution is -2.34. The van der Waals surface area contributed by atoms with Crippen molar-refractivity contribution in [2.45, 2.75) is 13.8 Å². The highest BCUT2D eigenvalue weighted by Gasteiger charge is 2.10. The van der Waals surface area contributed by atoms with Gasteiger partial charge in [-0.25, -0.2) is 4.98 Å². The maximum atomic E-state index is 12.5. The fraction of sp³-hybridized carbons (Fsp3) is 0.0870. The molecule has 0 aliphatic heterocycles. The Morgan fingerprint density at radius 2 is 1.72 bits per heavy atom. The van der Waals surface area contributed by atoms with Gasteiger partial charge < -0.3 is 10.3 Å². The summed E-state index contributed by atoms with van der Waals surface area (Å²) in [5.74, 6) is 0.544. The Hall–Kier alpha value is -3.51. The lowest BCUT2D eigenvalue weighted by molar-refractivity contribution is 0.0977. The predicted octanol–water partition coefficient (Wildman–Crippen LogP) is 4.97. The maximum Gasteiger partial charge on any atom is 0.257 e.